The van der Waals surface area contributed by atoms with Crippen LogP contribution in [0.1, 0.15) is 6.92 Å². The Morgan fingerprint density at radius 2 is 2.00 bits per heavy atom. The van der Waals surface area contributed by atoms with Gasteiger partial charge in [0.15, 0.2) is 11.5 Å². The molecule has 0 radical (unpaired) electrons. The summed E-state index contributed by atoms with van der Waals surface area (Å²) in [7, 11) is -3.51. The van der Waals surface area contributed by atoms with Gasteiger partial charge in [0.2, 0.25) is 10.0 Å². The maximum Gasteiger partial charge on any atom is 0.240 e. The topological polar surface area (TPSA) is 64.6 Å². The third kappa shape index (κ3) is 3.61. The van der Waals surface area contributed by atoms with Gasteiger partial charge < -0.3 is 9.47 Å². The van der Waals surface area contributed by atoms with Crippen LogP contribution in [0.5, 0.6) is 11.5 Å². The molecule has 19 heavy (non-hydrogen) atoms. The Morgan fingerprint density at radius 3 is 2.68 bits per heavy atom. The Hall–Kier alpha value is -0.790. The van der Waals surface area contributed by atoms with Gasteiger partial charge in [0.25, 0.3) is 0 Å². The van der Waals surface area contributed by atoms with Gasteiger partial charge >= 0.3 is 0 Å². The van der Waals surface area contributed by atoms with Crippen LogP contribution < -0.4 is 14.2 Å². The number of nitrogens with one attached hydrogen (secondary N) is 1. The van der Waals surface area contributed by atoms with E-state index in [1.807, 2.05) is 6.92 Å². The Morgan fingerprint density at radius 1 is 1.32 bits per heavy atom. The molecular formula is C12H16BrNO4S. The van der Waals surface area contributed by atoms with Gasteiger partial charge in [-0.1, -0.05) is 22.9 Å². The highest BCUT2D eigenvalue weighted by atomic mass is 79.9. The molecule has 0 saturated carbocycles. The summed E-state index contributed by atoms with van der Waals surface area (Å²) in [6.45, 7) is 3.27. The number of alkyl halides is 1. The first-order valence-corrected chi connectivity index (χ1v) is 8.58. The fourth-order valence-corrected chi connectivity index (χ4v) is 2.99. The van der Waals surface area contributed by atoms with E-state index in [0.717, 1.165) is 5.33 Å². The maximum absolute atomic E-state index is 12.1. The molecule has 106 valence electrons. The van der Waals surface area contributed by atoms with Crippen molar-refractivity contribution in [2.45, 2.75) is 11.8 Å². The minimum absolute atomic E-state index is 0.193. The number of fused-ring (bicyclic) bond motifs is 1. The predicted octanol–water partition coefficient (Wildman–Crippen LogP) is 1.77. The second-order valence-corrected chi connectivity index (χ2v) is 6.83. The lowest BCUT2D eigenvalue weighted by atomic mass is 10.2. The van der Waals surface area contributed by atoms with Crippen LogP contribution in [-0.2, 0) is 10.0 Å². The SMILES string of the molecule is CC(CBr)CNS(=O)(=O)c1ccc2c(c1)OCCO2. The minimum atomic E-state index is -3.51. The van der Waals surface area contributed by atoms with Gasteiger partial charge in [-0.05, 0) is 18.1 Å². The van der Waals surface area contributed by atoms with E-state index in [-0.39, 0.29) is 10.8 Å². The average molecular weight is 350 g/mol. The second kappa shape index (κ2) is 6.11. The van der Waals surface area contributed by atoms with E-state index in [2.05, 4.69) is 20.7 Å². The monoisotopic (exact) mass is 349 g/mol. The van der Waals surface area contributed by atoms with Crippen LogP contribution >= 0.6 is 15.9 Å². The van der Waals surface area contributed by atoms with Gasteiger partial charge in [0.05, 0.1) is 4.90 Å². The van der Waals surface area contributed by atoms with E-state index in [1.165, 1.54) is 12.1 Å². The van der Waals surface area contributed by atoms with Crippen molar-refractivity contribution >= 4 is 26.0 Å². The molecule has 1 N–H and O–H groups in total. The van der Waals surface area contributed by atoms with Gasteiger partial charge in [0, 0.05) is 17.9 Å². The first kappa shape index (κ1) is 14.6. The van der Waals surface area contributed by atoms with Crippen molar-refractivity contribution in [2.24, 2.45) is 5.92 Å². The quantitative estimate of drug-likeness (QED) is 0.822. The summed E-state index contributed by atoms with van der Waals surface area (Å²) in [6.07, 6.45) is 0. The molecular weight excluding hydrogens is 334 g/mol. The number of benzene rings is 1. The zero-order chi connectivity index (χ0) is 13.9. The summed E-state index contributed by atoms with van der Waals surface area (Å²) in [5.41, 5.74) is 0. The fourth-order valence-electron chi connectivity index (χ4n) is 1.58. The van der Waals surface area contributed by atoms with Crippen LogP contribution in [0.4, 0.5) is 0 Å². The van der Waals surface area contributed by atoms with Crippen molar-refractivity contribution in [3.05, 3.63) is 18.2 Å². The van der Waals surface area contributed by atoms with Crippen LogP contribution in [0.25, 0.3) is 0 Å². The molecule has 1 atom stereocenters. The molecule has 5 nitrogen and oxygen atoms in total. The van der Waals surface area contributed by atoms with Gasteiger partial charge in [-0.15, -0.1) is 0 Å². The third-order valence-electron chi connectivity index (χ3n) is 2.71. The average Bonchev–Trinajstić information content (AvgIpc) is 2.44. The standard InChI is InChI=1S/C12H16BrNO4S/c1-9(7-13)8-14-19(15,16)10-2-3-11-12(6-10)18-5-4-17-11/h2-3,6,9,14H,4-5,7-8H2,1H3. The molecule has 0 saturated heterocycles. The number of ether oxygens (including phenoxy) is 2. The van der Waals surface area contributed by atoms with Crippen molar-refractivity contribution < 1.29 is 17.9 Å². The van der Waals surface area contributed by atoms with E-state index in [9.17, 15) is 8.42 Å². The molecule has 1 aromatic rings. The van der Waals surface area contributed by atoms with E-state index < -0.39 is 10.0 Å². The largest absolute Gasteiger partial charge is 0.486 e. The highest BCUT2D eigenvalue weighted by molar-refractivity contribution is 9.09. The van der Waals surface area contributed by atoms with Gasteiger partial charge in [-0.2, -0.15) is 0 Å². The normalized spacial score (nSPS) is 16.1. The number of hydrogen-bond donors (Lipinski definition) is 1. The van der Waals surface area contributed by atoms with Gasteiger partial charge in [-0.3, -0.25) is 0 Å². The molecule has 0 spiro atoms. The molecule has 0 amide bonds. The molecule has 1 heterocycles. The summed E-state index contributed by atoms with van der Waals surface area (Å²) in [5.74, 6) is 1.29. The molecule has 1 aliphatic heterocycles. The van der Waals surface area contributed by atoms with Crippen LogP contribution in [0, 0.1) is 5.92 Å². The van der Waals surface area contributed by atoms with Crippen molar-refractivity contribution in [3.8, 4) is 11.5 Å². The lowest BCUT2D eigenvalue weighted by Gasteiger charge is -2.19. The zero-order valence-electron chi connectivity index (χ0n) is 10.6. The lowest BCUT2D eigenvalue weighted by molar-refractivity contribution is 0.171. The molecule has 0 fully saturated rings. The van der Waals surface area contributed by atoms with Crippen molar-refractivity contribution in [3.63, 3.8) is 0 Å². The second-order valence-electron chi connectivity index (χ2n) is 4.42. The first-order chi connectivity index (χ1) is 9.03. The summed E-state index contributed by atoms with van der Waals surface area (Å²) in [4.78, 5) is 0.193. The van der Waals surface area contributed by atoms with Crippen molar-refractivity contribution in [1.29, 1.82) is 0 Å². The Labute approximate surface area is 121 Å². The summed E-state index contributed by atoms with van der Waals surface area (Å²) in [6, 6.07) is 4.64. The van der Waals surface area contributed by atoms with E-state index >= 15 is 0 Å². The van der Waals surface area contributed by atoms with E-state index in [1.54, 1.807) is 6.07 Å². The zero-order valence-corrected chi connectivity index (χ0v) is 13.0. The maximum atomic E-state index is 12.1. The highest BCUT2D eigenvalue weighted by Gasteiger charge is 2.19. The van der Waals surface area contributed by atoms with Crippen LogP contribution in [-0.4, -0.2) is 33.5 Å². The first-order valence-electron chi connectivity index (χ1n) is 5.98. The molecule has 1 unspecified atom stereocenters. The number of rotatable bonds is 5. The molecule has 0 aliphatic carbocycles. The summed E-state index contributed by atoms with van der Waals surface area (Å²) >= 11 is 3.32. The van der Waals surface area contributed by atoms with E-state index in [0.29, 0.717) is 31.3 Å². The summed E-state index contributed by atoms with van der Waals surface area (Å²) in [5, 5.41) is 0.747. The lowest BCUT2D eigenvalue weighted by Crippen LogP contribution is -2.29. The van der Waals surface area contributed by atoms with E-state index in [4.69, 9.17) is 9.47 Å². The molecule has 0 aromatic heterocycles. The Balaban J connectivity index is 2.16. The molecule has 7 heteroatoms. The molecule has 0 bridgehead atoms. The minimum Gasteiger partial charge on any atom is -0.486 e. The molecule has 1 aliphatic rings. The Kier molecular flexibility index (Phi) is 4.70. The number of sulfonamides is 1. The highest BCUT2D eigenvalue weighted by Crippen LogP contribution is 2.32. The van der Waals surface area contributed by atoms with Crippen LogP contribution in [0.15, 0.2) is 23.1 Å². The fraction of sp³-hybridized carbons (Fsp3) is 0.500. The van der Waals surface area contributed by atoms with Crippen LogP contribution in [0.3, 0.4) is 0 Å². The van der Waals surface area contributed by atoms with Crippen LogP contribution in [0.2, 0.25) is 0 Å². The number of hydrogen-bond acceptors (Lipinski definition) is 4. The van der Waals surface area contributed by atoms with Crippen molar-refractivity contribution in [2.75, 3.05) is 25.1 Å². The smallest absolute Gasteiger partial charge is 0.240 e. The molecule has 2 rings (SSSR count). The van der Waals surface area contributed by atoms with Crippen molar-refractivity contribution in [1.82, 2.24) is 4.72 Å². The van der Waals surface area contributed by atoms with Gasteiger partial charge in [-0.25, -0.2) is 13.1 Å². The van der Waals surface area contributed by atoms with Gasteiger partial charge in [0.1, 0.15) is 13.2 Å². The Bertz CT molecular complexity index is 547. The number of halogens is 1. The summed E-state index contributed by atoms with van der Waals surface area (Å²) < 4.78 is 37.6. The third-order valence-corrected chi connectivity index (χ3v) is 5.24. The molecule has 1 aromatic carbocycles. The predicted molar refractivity (Wildman–Crippen MR) is 75.6 cm³/mol.